The van der Waals surface area contributed by atoms with Gasteiger partial charge in [-0.2, -0.15) is 0 Å². The van der Waals surface area contributed by atoms with Gasteiger partial charge in [0.1, 0.15) is 0 Å². The normalized spacial score (nSPS) is 34.0. The van der Waals surface area contributed by atoms with Crippen LogP contribution in [0.1, 0.15) is 26.7 Å². The Hall–Kier alpha value is -0.0626. The van der Waals surface area contributed by atoms with Crippen LogP contribution in [0.5, 0.6) is 0 Å². The van der Waals surface area contributed by atoms with E-state index in [-0.39, 0.29) is 18.9 Å². The molecule has 2 aliphatic heterocycles. The summed E-state index contributed by atoms with van der Waals surface area (Å²) in [5.41, 5.74) is 0. The molecule has 0 saturated carbocycles. The number of hydrogen-bond donors (Lipinski definition) is 1. The van der Waals surface area contributed by atoms with Gasteiger partial charge in [0, 0.05) is 6.04 Å². The Morgan fingerprint density at radius 1 is 1.64 bits per heavy atom. The quantitative estimate of drug-likeness (QED) is 0.319. The van der Waals surface area contributed by atoms with Crippen LogP contribution in [-0.4, -0.2) is 11.9 Å². The van der Waals surface area contributed by atoms with Crippen molar-refractivity contribution in [1.29, 1.82) is 0 Å². The van der Waals surface area contributed by atoms with E-state index in [9.17, 15) is 0 Å². The first kappa shape index (κ1) is 9.03. The summed E-state index contributed by atoms with van der Waals surface area (Å²) in [6.45, 7) is 4.33. The minimum absolute atomic E-state index is 0. The van der Waals surface area contributed by atoms with E-state index in [0.717, 1.165) is 5.92 Å². The van der Waals surface area contributed by atoms with Gasteiger partial charge in [0.05, 0.1) is 0 Å². The van der Waals surface area contributed by atoms with Gasteiger partial charge in [0.25, 0.3) is 0 Å². The fourth-order valence-corrected chi connectivity index (χ4v) is 1.88. The smallest absolute Gasteiger partial charge is 0.448 e. The second kappa shape index (κ2) is 3.13. The van der Waals surface area contributed by atoms with Gasteiger partial charge in [-0.05, 0) is 13.3 Å². The number of fused-ring (bicyclic) bond motifs is 1. The number of nitrogens with zero attached hydrogens (tertiary/aromatic N) is 1. The maximum Gasteiger partial charge on any atom is 1.00 e. The molecule has 2 unspecified atom stereocenters. The summed E-state index contributed by atoms with van der Waals surface area (Å²) >= 11 is 0. The number of nitrogens with one attached hydrogen (secondary N) is 1. The predicted octanol–water partition coefficient (Wildman–Crippen LogP) is -1.66. The third-order valence-electron chi connectivity index (χ3n) is 2.27. The molecule has 0 aromatic carbocycles. The monoisotopic (exact) mass is 144 g/mol. The number of rotatable bonds is 0. The van der Waals surface area contributed by atoms with Crippen LogP contribution in [0.2, 0.25) is 0 Å². The Morgan fingerprint density at radius 2 is 2.36 bits per heavy atom. The first-order chi connectivity index (χ1) is 4.75. The third-order valence-corrected chi connectivity index (χ3v) is 2.27. The van der Waals surface area contributed by atoms with Crippen LogP contribution in [0.25, 0.3) is 0 Å². The minimum atomic E-state index is 0. The molecule has 0 aromatic heterocycles. The molecule has 2 aliphatic rings. The Morgan fingerprint density at radius 3 is 3.00 bits per heavy atom. The molecule has 0 aromatic rings. The van der Waals surface area contributed by atoms with Crippen molar-refractivity contribution in [3.63, 3.8) is 0 Å². The van der Waals surface area contributed by atoms with Crippen molar-refractivity contribution in [2.45, 2.75) is 32.7 Å². The van der Waals surface area contributed by atoms with Crippen molar-refractivity contribution in [2.24, 2.45) is 10.9 Å². The Balaban J connectivity index is 0.000000605. The number of aliphatic imine (C=N–C) groups is 1. The van der Waals surface area contributed by atoms with E-state index in [0.29, 0.717) is 6.04 Å². The van der Waals surface area contributed by atoms with Crippen molar-refractivity contribution in [1.82, 2.24) is 5.32 Å². The zero-order valence-corrected chi connectivity index (χ0v) is 7.52. The fraction of sp³-hybridized carbons (Fsp3) is 0.750. The van der Waals surface area contributed by atoms with Crippen LogP contribution in [0.3, 0.4) is 0 Å². The predicted molar refractivity (Wildman–Crippen MR) is 41.7 cm³/mol. The summed E-state index contributed by atoms with van der Waals surface area (Å²) < 4.78 is 0. The molecule has 0 radical (unpaired) electrons. The van der Waals surface area contributed by atoms with Gasteiger partial charge in [-0.1, -0.05) is 25.1 Å². The molecular weight excluding hydrogens is 131 g/mol. The summed E-state index contributed by atoms with van der Waals surface area (Å²) in [5.74, 6) is 1.97. The molecule has 56 valence electrons. The van der Waals surface area contributed by atoms with E-state index < -0.39 is 0 Å². The molecule has 0 bridgehead atoms. The SMILES string of the molecule is C[C-]1CC2CC(C)NC2=N1.[Li+]. The van der Waals surface area contributed by atoms with Gasteiger partial charge in [-0.15, -0.1) is 6.04 Å². The first-order valence-electron chi connectivity index (χ1n) is 3.93. The molecule has 0 amide bonds. The van der Waals surface area contributed by atoms with Crippen molar-refractivity contribution in [2.75, 3.05) is 0 Å². The Bertz CT molecular complexity index is 179. The van der Waals surface area contributed by atoms with Crippen LogP contribution in [0, 0.1) is 12.0 Å². The van der Waals surface area contributed by atoms with E-state index >= 15 is 0 Å². The molecule has 2 rings (SSSR count). The number of amidine groups is 1. The Labute approximate surface area is 80.0 Å². The molecule has 11 heavy (non-hydrogen) atoms. The van der Waals surface area contributed by atoms with Crippen LogP contribution >= 0.6 is 0 Å². The molecular formula is C8H13LiN2. The Kier molecular flexibility index (Phi) is 2.57. The average molecular weight is 144 g/mol. The zero-order chi connectivity index (χ0) is 7.14. The van der Waals surface area contributed by atoms with E-state index in [1.54, 1.807) is 0 Å². The minimum Gasteiger partial charge on any atom is -0.448 e. The van der Waals surface area contributed by atoms with E-state index in [1.807, 2.05) is 0 Å². The largest absolute Gasteiger partial charge is 1.00 e. The molecule has 3 heteroatoms. The van der Waals surface area contributed by atoms with Crippen molar-refractivity contribution >= 4 is 5.84 Å². The van der Waals surface area contributed by atoms with E-state index in [4.69, 9.17) is 0 Å². The zero-order valence-electron chi connectivity index (χ0n) is 7.52. The third kappa shape index (κ3) is 1.58. The van der Waals surface area contributed by atoms with Gasteiger partial charge in [-0.25, -0.2) is 0 Å². The standard InChI is InChI=1S/C8H13N2.Li/c1-5-3-7-4-6(2)10-8(7)9-5;/h5,7H,3-4H2,1-2H3,(H,9,10);/q-1;+1. The summed E-state index contributed by atoms with van der Waals surface area (Å²) in [4.78, 5) is 4.42. The van der Waals surface area contributed by atoms with Gasteiger partial charge >= 0.3 is 18.9 Å². The van der Waals surface area contributed by atoms with Crippen LogP contribution in [0.15, 0.2) is 4.99 Å². The van der Waals surface area contributed by atoms with Crippen LogP contribution < -0.4 is 24.2 Å². The van der Waals surface area contributed by atoms with Crippen LogP contribution in [-0.2, 0) is 0 Å². The second-order valence-corrected chi connectivity index (χ2v) is 3.41. The molecule has 1 saturated heterocycles. The fourth-order valence-electron chi connectivity index (χ4n) is 1.88. The first-order valence-corrected chi connectivity index (χ1v) is 3.93. The summed E-state index contributed by atoms with van der Waals surface area (Å²) in [5, 5.41) is 3.38. The van der Waals surface area contributed by atoms with Crippen molar-refractivity contribution in [3.8, 4) is 0 Å². The van der Waals surface area contributed by atoms with Gasteiger partial charge < -0.3 is 10.3 Å². The van der Waals surface area contributed by atoms with E-state index in [2.05, 4.69) is 24.2 Å². The molecule has 0 aliphatic carbocycles. The molecule has 2 heterocycles. The van der Waals surface area contributed by atoms with Crippen LogP contribution in [0.4, 0.5) is 0 Å². The van der Waals surface area contributed by atoms with Crippen molar-refractivity contribution in [3.05, 3.63) is 6.04 Å². The van der Waals surface area contributed by atoms with E-state index in [1.165, 1.54) is 24.7 Å². The van der Waals surface area contributed by atoms with Gasteiger partial charge in [-0.3, -0.25) is 0 Å². The summed E-state index contributed by atoms with van der Waals surface area (Å²) in [6, 6.07) is 1.94. The molecule has 1 N–H and O–H groups in total. The summed E-state index contributed by atoms with van der Waals surface area (Å²) in [7, 11) is 0. The molecule has 2 atom stereocenters. The van der Waals surface area contributed by atoms with Crippen molar-refractivity contribution < 1.29 is 18.9 Å². The maximum atomic E-state index is 4.42. The topological polar surface area (TPSA) is 24.4 Å². The summed E-state index contributed by atoms with van der Waals surface area (Å²) in [6.07, 6.45) is 2.46. The molecule has 2 nitrogen and oxygen atoms in total. The second-order valence-electron chi connectivity index (χ2n) is 3.41. The average Bonchev–Trinajstić information content (AvgIpc) is 2.21. The molecule has 1 fully saturated rings. The van der Waals surface area contributed by atoms with Gasteiger partial charge in [0.2, 0.25) is 0 Å². The van der Waals surface area contributed by atoms with Gasteiger partial charge in [0.15, 0.2) is 0 Å². The molecule has 0 spiro atoms. The number of hydrogen-bond acceptors (Lipinski definition) is 2. The maximum absolute atomic E-state index is 4.42.